The number of aromatic nitrogens is 5. The van der Waals surface area contributed by atoms with Gasteiger partial charge < -0.3 is 9.88 Å². The van der Waals surface area contributed by atoms with Crippen molar-refractivity contribution in [2.75, 3.05) is 13.1 Å². The molecule has 1 aliphatic rings. The first kappa shape index (κ1) is 20.3. The number of aromatic amines is 1. The van der Waals surface area contributed by atoms with E-state index in [-0.39, 0.29) is 28.3 Å². The van der Waals surface area contributed by atoms with E-state index in [1.807, 2.05) is 35.2 Å². The third-order valence-corrected chi connectivity index (χ3v) is 5.48. The molecule has 0 unspecified atom stereocenters. The van der Waals surface area contributed by atoms with Crippen LogP contribution in [0.5, 0.6) is 0 Å². The Labute approximate surface area is 175 Å². The molecule has 0 bridgehead atoms. The van der Waals surface area contributed by atoms with Crippen molar-refractivity contribution in [1.82, 2.24) is 29.9 Å². The Morgan fingerprint density at radius 1 is 1.17 bits per heavy atom. The van der Waals surface area contributed by atoms with Crippen molar-refractivity contribution < 1.29 is 4.79 Å². The number of fused-ring (bicyclic) bond motifs is 1. The molecule has 30 heavy (non-hydrogen) atoms. The molecule has 4 rings (SSSR count). The first-order valence-corrected chi connectivity index (χ1v) is 10.5. The molecular weight excluding hydrogens is 380 g/mol. The van der Waals surface area contributed by atoms with Gasteiger partial charge in [-0.05, 0) is 23.8 Å². The zero-order valence-corrected chi connectivity index (χ0v) is 17.8. The fourth-order valence-electron chi connectivity index (χ4n) is 3.91. The summed E-state index contributed by atoms with van der Waals surface area (Å²) in [6, 6.07) is 9.91. The SMILES string of the molecule is CC(C)(C)CC(=O)N1CCC(c2nc3c(nnn3Cc3ccccc3)c(=O)[nH]2)CC1. The minimum Gasteiger partial charge on any atom is -0.343 e. The first-order chi connectivity index (χ1) is 14.3. The van der Waals surface area contributed by atoms with Crippen molar-refractivity contribution >= 4 is 17.1 Å². The number of H-pyrrole nitrogens is 1. The Morgan fingerprint density at radius 2 is 1.87 bits per heavy atom. The highest BCUT2D eigenvalue weighted by Crippen LogP contribution is 2.28. The number of likely N-dealkylation sites (tertiary alicyclic amines) is 1. The molecule has 1 aliphatic heterocycles. The summed E-state index contributed by atoms with van der Waals surface area (Å²) in [6.45, 7) is 8.11. The quantitative estimate of drug-likeness (QED) is 0.716. The molecular formula is C22H28N6O2. The van der Waals surface area contributed by atoms with Gasteiger partial charge in [-0.3, -0.25) is 9.59 Å². The monoisotopic (exact) mass is 408 g/mol. The van der Waals surface area contributed by atoms with Crippen molar-refractivity contribution in [3.05, 3.63) is 52.1 Å². The Kier molecular flexibility index (Phi) is 5.40. The van der Waals surface area contributed by atoms with Gasteiger partial charge >= 0.3 is 0 Å². The summed E-state index contributed by atoms with van der Waals surface area (Å²) in [4.78, 5) is 34.6. The van der Waals surface area contributed by atoms with Crippen LogP contribution in [0.3, 0.4) is 0 Å². The highest BCUT2D eigenvalue weighted by molar-refractivity contribution is 5.77. The first-order valence-electron chi connectivity index (χ1n) is 10.5. The van der Waals surface area contributed by atoms with Crippen LogP contribution in [0.25, 0.3) is 11.2 Å². The Morgan fingerprint density at radius 3 is 2.53 bits per heavy atom. The van der Waals surface area contributed by atoms with Crippen LogP contribution >= 0.6 is 0 Å². The molecule has 0 radical (unpaired) electrons. The van der Waals surface area contributed by atoms with E-state index in [1.165, 1.54) is 0 Å². The highest BCUT2D eigenvalue weighted by Gasteiger charge is 2.28. The second-order valence-electron chi connectivity index (χ2n) is 9.25. The summed E-state index contributed by atoms with van der Waals surface area (Å²) < 4.78 is 1.67. The second-order valence-corrected chi connectivity index (χ2v) is 9.25. The van der Waals surface area contributed by atoms with Gasteiger partial charge in [-0.15, -0.1) is 5.10 Å². The third-order valence-electron chi connectivity index (χ3n) is 5.48. The van der Waals surface area contributed by atoms with Crippen molar-refractivity contribution in [2.45, 2.75) is 52.5 Å². The molecule has 1 N–H and O–H groups in total. The number of hydrogen-bond donors (Lipinski definition) is 1. The molecule has 8 heteroatoms. The van der Waals surface area contributed by atoms with Gasteiger partial charge in [-0.1, -0.05) is 56.3 Å². The molecule has 0 saturated carbocycles. The fourth-order valence-corrected chi connectivity index (χ4v) is 3.91. The zero-order chi connectivity index (χ0) is 21.3. The van der Waals surface area contributed by atoms with E-state index < -0.39 is 0 Å². The summed E-state index contributed by atoms with van der Waals surface area (Å²) in [7, 11) is 0. The Hall–Kier alpha value is -3.03. The van der Waals surface area contributed by atoms with E-state index >= 15 is 0 Å². The van der Waals surface area contributed by atoms with Gasteiger partial charge in [0.25, 0.3) is 5.56 Å². The number of nitrogens with zero attached hydrogens (tertiary/aromatic N) is 5. The zero-order valence-electron chi connectivity index (χ0n) is 17.8. The van der Waals surface area contributed by atoms with Crippen LogP contribution in [-0.2, 0) is 11.3 Å². The van der Waals surface area contributed by atoms with Crippen LogP contribution in [-0.4, -0.2) is 48.9 Å². The lowest BCUT2D eigenvalue weighted by molar-refractivity contribution is -0.134. The molecule has 0 spiro atoms. The van der Waals surface area contributed by atoms with E-state index in [0.717, 1.165) is 18.4 Å². The van der Waals surface area contributed by atoms with Gasteiger partial charge in [0.15, 0.2) is 11.2 Å². The number of carbonyl (C=O) groups is 1. The molecule has 3 aromatic rings. The fraction of sp³-hybridized carbons (Fsp3) is 0.500. The van der Waals surface area contributed by atoms with Crippen LogP contribution < -0.4 is 5.56 Å². The minimum atomic E-state index is -0.263. The van der Waals surface area contributed by atoms with Crippen molar-refractivity contribution in [2.24, 2.45) is 5.41 Å². The maximum absolute atomic E-state index is 12.6. The van der Waals surface area contributed by atoms with Gasteiger partial charge in [0.05, 0.1) is 6.54 Å². The molecule has 0 atom stereocenters. The van der Waals surface area contributed by atoms with E-state index in [2.05, 4.69) is 36.1 Å². The summed E-state index contributed by atoms with van der Waals surface area (Å²) in [5.74, 6) is 0.968. The maximum atomic E-state index is 12.6. The lowest BCUT2D eigenvalue weighted by atomic mass is 9.90. The normalized spacial score (nSPS) is 15.6. The van der Waals surface area contributed by atoms with Gasteiger partial charge in [0.1, 0.15) is 5.82 Å². The molecule has 1 saturated heterocycles. The number of rotatable bonds is 4. The third kappa shape index (κ3) is 4.42. The van der Waals surface area contributed by atoms with Gasteiger partial charge in [-0.25, -0.2) is 9.67 Å². The Balaban J connectivity index is 1.52. The number of nitrogens with one attached hydrogen (secondary N) is 1. The summed E-state index contributed by atoms with van der Waals surface area (Å²) in [6.07, 6.45) is 2.11. The van der Waals surface area contributed by atoms with Crippen LogP contribution in [0.2, 0.25) is 0 Å². The molecule has 3 heterocycles. The Bertz CT molecular complexity index is 1090. The van der Waals surface area contributed by atoms with Gasteiger partial charge in [0, 0.05) is 25.4 Å². The molecule has 1 fully saturated rings. The molecule has 1 aromatic carbocycles. The molecule has 2 aromatic heterocycles. The van der Waals surface area contributed by atoms with Crippen LogP contribution in [0.15, 0.2) is 35.1 Å². The minimum absolute atomic E-state index is 0.0179. The van der Waals surface area contributed by atoms with Crippen molar-refractivity contribution in [3.8, 4) is 0 Å². The smallest absolute Gasteiger partial charge is 0.281 e. The number of amides is 1. The van der Waals surface area contributed by atoms with Crippen LogP contribution in [0.1, 0.15) is 57.3 Å². The molecule has 0 aliphatic carbocycles. The van der Waals surface area contributed by atoms with E-state index in [0.29, 0.717) is 37.5 Å². The van der Waals surface area contributed by atoms with E-state index in [4.69, 9.17) is 4.98 Å². The molecule has 1 amide bonds. The lowest BCUT2D eigenvalue weighted by Gasteiger charge is -2.33. The summed E-state index contributed by atoms with van der Waals surface area (Å²) >= 11 is 0. The molecule has 8 nitrogen and oxygen atoms in total. The van der Waals surface area contributed by atoms with Gasteiger partial charge in [-0.2, -0.15) is 0 Å². The standard InChI is InChI=1S/C22H28N6O2/c1-22(2,3)13-17(29)27-11-9-16(10-12-27)19-23-20-18(21(30)24-19)25-26-28(20)14-15-7-5-4-6-8-15/h4-8,16H,9-14H2,1-3H3,(H,23,24,30). The second kappa shape index (κ2) is 8.01. The van der Waals surface area contributed by atoms with E-state index in [9.17, 15) is 9.59 Å². The summed E-state index contributed by atoms with van der Waals surface area (Å²) in [5.41, 5.74) is 1.55. The van der Waals surface area contributed by atoms with Crippen LogP contribution in [0.4, 0.5) is 0 Å². The van der Waals surface area contributed by atoms with Gasteiger partial charge in [0.2, 0.25) is 5.91 Å². The lowest BCUT2D eigenvalue weighted by Crippen LogP contribution is -2.39. The van der Waals surface area contributed by atoms with E-state index in [1.54, 1.807) is 4.68 Å². The predicted molar refractivity (Wildman–Crippen MR) is 114 cm³/mol. The molecule has 158 valence electrons. The largest absolute Gasteiger partial charge is 0.343 e. The maximum Gasteiger partial charge on any atom is 0.281 e. The van der Waals surface area contributed by atoms with Crippen molar-refractivity contribution in [1.29, 1.82) is 0 Å². The summed E-state index contributed by atoms with van der Waals surface area (Å²) in [5, 5.41) is 8.16. The number of piperidine rings is 1. The average molecular weight is 409 g/mol. The predicted octanol–water partition coefficient (Wildman–Crippen LogP) is 2.71. The highest BCUT2D eigenvalue weighted by atomic mass is 16.2. The number of hydrogen-bond acceptors (Lipinski definition) is 5. The van der Waals surface area contributed by atoms with Crippen molar-refractivity contribution in [3.63, 3.8) is 0 Å². The number of benzene rings is 1. The average Bonchev–Trinajstić information content (AvgIpc) is 3.11. The van der Waals surface area contributed by atoms with Crippen LogP contribution in [0, 0.1) is 5.41 Å². The topological polar surface area (TPSA) is 96.8 Å². The number of carbonyl (C=O) groups excluding carboxylic acids is 1.